The second kappa shape index (κ2) is 4.65. The second-order valence-corrected chi connectivity index (χ2v) is 4.15. The van der Waals surface area contributed by atoms with Crippen LogP contribution in [0.1, 0.15) is 18.2 Å². The van der Waals surface area contributed by atoms with Crippen molar-refractivity contribution in [3.8, 4) is 0 Å². The second-order valence-electron chi connectivity index (χ2n) is 4.15. The van der Waals surface area contributed by atoms with E-state index in [4.69, 9.17) is 0 Å². The fraction of sp³-hybridized carbons (Fsp3) is 0.636. The summed E-state index contributed by atoms with van der Waals surface area (Å²) in [5, 5.41) is 6.67. The van der Waals surface area contributed by atoms with Crippen LogP contribution in [0, 0.1) is 0 Å². The number of hydrogen-bond acceptors (Lipinski definition) is 5. The Morgan fingerprint density at radius 1 is 1.38 bits per heavy atom. The van der Waals surface area contributed by atoms with Crippen LogP contribution in [0.2, 0.25) is 0 Å². The summed E-state index contributed by atoms with van der Waals surface area (Å²) < 4.78 is 0. The van der Waals surface area contributed by atoms with E-state index >= 15 is 0 Å². The summed E-state index contributed by atoms with van der Waals surface area (Å²) in [6.45, 7) is 4.84. The van der Waals surface area contributed by atoms with E-state index in [0.717, 1.165) is 37.8 Å². The van der Waals surface area contributed by atoms with Gasteiger partial charge in [0.1, 0.15) is 5.82 Å². The number of hydrogen-bond donors (Lipinski definition) is 2. The van der Waals surface area contributed by atoms with E-state index in [1.54, 1.807) is 0 Å². The summed E-state index contributed by atoms with van der Waals surface area (Å²) in [7, 11) is 3.94. The Balaban J connectivity index is 2.43. The number of aromatic nitrogens is 2. The van der Waals surface area contributed by atoms with Crippen LogP contribution in [-0.4, -0.2) is 37.2 Å². The standard InChI is InChI=1S/C11H19N5/c1-4-13-10-8-7-12-6-5-9(8)14-11(15-10)16(2)3/h12H,4-7H2,1-3H3,(H,13,14,15). The highest BCUT2D eigenvalue weighted by Gasteiger charge is 2.17. The Labute approximate surface area is 96.3 Å². The van der Waals surface area contributed by atoms with Crippen molar-refractivity contribution in [1.82, 2.24) is 15.3 Å². The zero-order valence-electron chi connectivity index (χ0n) is 10.2. The van der Waals surface area contributed by atoms with Gasteiger partial charge in [0.15, 0.2) is 0 Å². The molecular formula is C11H19N5. The normalized spacial score (nSPS) is 14.4. The first-order valence-electron chi connectivity index (χ1n) is 5.74. The van der Waals surface area contributed by atoms with Gasteiger partial charge in [0.2, 0.25) is 5.95 Å². The van der Waals surface area contributed by atoms with Crippen LogP contribution < -0.4 is 15.5 Å². The van der Waals surface area contributed by atoms with Gasteiger partial charge >= 0.3 is 0 Å². The molecule has 5 nitrogen and oxygen atoms in total. The lowest BCUT2D eigenvalue weighted by Crippen LogP contribution is -2.27. The van der Waals surface area contributed by atoms with Crippen LogP contribution in [0.5, 0.6) is 0 Å². The van der Waals surface area contributed by atoms with Crippen LogP contribution in [0.25, 0.3) is 0 Å². The molecule has 0 aromatic carbocycles. The first-order valence-corrected chi connectivity index (χ1v) is 5.74. The highest BCUT2D eigenvalue weighted by atomic mass is 15.2. The Hall–Kier alpha value is -1.36. The lowest BCUT2D eigenvalue weighted by Gasteiger charge is -2.22. The summed E-state index contributed by atoms with van der Waals surface area (Å²) in [4.78, 5) is 11.1. The van der Waals surface area contributed by atoms with Crippen molar-refractivity contribution in [2.45, 2.75) is 19.9 Å². The van der Waals surface area contributed by atoms with Gasteiger partial charge in [-0.05, 0) is 6.92 Å². The number of rotatable bonds is 3. The van der Waals surface area contributed by atoms with Gasteiger partial charge in [-0.1, -0.05) is 0 Å². The van der Waals surface area contributed by atoms with E-state index in [-0.39, 0.29) is 0 Å². The maximum absolute atomic E-state index is 4.59. The molecule has 16 heavy (non-hydrogen) atoms. The van der Waals surface area contributed by atoms with Crippen molar-refractivity contribution < 1.29 is 0 Å². The Kier molecular flexibility index (Phi) is 3.24. The van der Waals surface area contributed by atoms with Crippen LogP contribution in [0.3, 0.4) is 0 Å². The molecule has 0 bridgehead atoms. The zero-order chi connectivity index (χ0) is 11.5. The predicted octanol–water partition coefficient (Wildman–Crippen LogP) is 0.620. The first-order chi connectivity index (χ1) is 7.72. The lowest BCUT2D eigenvalue weighted by molar-refractivity contribution is 0.626. The molecule has 0 amide bonds. The minimum Gasteiger partial charge on any atom is -0.370 e. The number of anilines is 2. The highest BCUT2D eigenvalue weighted by Crippen LogP contribution is 2.22. The van der Waals surface area contributed by atoms with Crippen molar-refractivity contribution >= 4 is 11.8 Å². The van der Waals surface area contributed by atoms with E-state index in [2.05, 4.69) is 27.5 Å². The first kappa shape index (κ1) is 11.1. The Morgan fingerprint density at radius 2 is 2.19 bits per heavy atom. The van der Waals surface area contributed by atoms with Crippen molar-refractivity contribution in [2.75, 3.05) is 37.4 Å². The summed E-state index contributed by atoms with van der Waals surface area (Å²) in [6, 6.07) is 0. The Morgan fingerprint density at radius 3 is 2.88 bits per heavy atom. The van der Waals surface area contributed by atoms with E-state index in [9.17, 15) is 0 Å². The largest absolute Gasteiger partial charge is 0.370 e. The molecule has 2 rings (SSSR count). The minimum atomic E-state index is 0.789. The molecule has 0 radical (unpaired) electrons. The quantitative estimate of drug-likeness (QED) is 0.783. The fourth-order valence-corrected chi connectivity index (χ4v) is 1.84. The maximum atomic E-state index is 4.59. The maximum Gasteiger partial charge on any atom is 0.227 e. The third-order valence-corrected chi connectivity index (χ3v) is 2.67. The smallest absolute Gasteiger partial charge is 0.227 e. The van der Waals surface area contributed by atoms with Gasteiger partial charge in [0.25, 0.3) is 0 Å². The average molecular weight is 221 g/mol. The predicted molar refractivity (Wildman–Crippen MR) is 65.9 cm³/mol. The van der Waals surface area contributed by atoms with Gasteiger partial charge in [0.05, 0.1) is 5.69 Å². The molecule has 2 N–H and O–H groups in total. The molecule has 0 saturated heterocycles. The molecule has 0 fully saturated rings. The lowest BCUT2D eigenvalue weighted by atomic mass is 10.1. The zero-order valence-corrected chi connectivity index (χ0v) is 10.2. The molecule has 0 spiro atoms. The third-order valence-electron chi connectivity index (χ3n) is 2.67. The number of nitrogens with one attached hydrogen (secondary N) is 2. The topological polar surface area (TPSA) is 53.1 Å². The SMILES string of the molecule is CCNc1nc(N(C)C)nc2c1CNCC2. The molecule has 2 heterocycles. The summed E-state index contributed by atoms with van der Waals surface area (Å²) in [6.07, 6.45) is 0.983. The van der Waals surface area contributed by atoms with Crippen molar-refractivity contribution in [3.63, 3.8) is 0 Å². The van der Waals surface area contributed by atoms with Crippen LogP contribution >= 0.6 is 0 Å². The van der Waals surface area contributed by atoms with Gasteiger partial charge in [-0.2, -0.15) is 4.98 Å². The van der Waals surface area contributed by atoms with Crippen molar-refractivity contribution in [3.05, 3.63) is 11.3 Å². The van der Waals surface area contributed by atoms with Crippen LogP contribution in [0.4, 0.5) is 11.8 Å². The van der Waals surface area contributed by atoms with Crippen molar-refractivity contribution in [2.24, 2.45) is 0 Å². The van der Waals surface area contributed by atoms with Crippen molar-refractivity contribution in [1.29, 1.82) is 0 Å². The summed E-state index contributed by atoms with van der Waals surface area (Å²) >= 11 is 0. The molecule has 0 atom stereocenters. The average Bonchev–Trinajstić information content (AvgIpc) is 2.29. The summed E-state index contributed by atoms with van der Waals surface area (Å²) in [5.41, 5.74) is 2.40. The highest BCUT2D eigenvalue weighted by molar-refractivity contribution is 5.51. The van der Waals surface area contributed by atoms with E-state index in [0.29, 0.717) is 0 Å². The molecule has 88 valence electrons. The molecular weight excluding hydrogens is 202 g/mol. The van der Waals surface area contributed by atoms with Gasteiger partial charge in [0, 0.05) is 45.7 Å². The van der Waals surface area contributed by atoms with E-state index < -0.39 is 0 Å². The summed E-state index contributed by atoms with van der Waals surface area (Å²) in [5.74, 6) is 1.76. The fourth-order valence-electron chi connectivity index (χ4n) is 1.84. The van der Waals surface area contributed by atoms with E-state index in [1.165, 1.54) is 11.3 Å². The van der Waals surface area contributed by atoms with Gasteiger partial charge in [-0.25, -0.2) is 4.98 Å². The molecule has 1 aromatic heterocycles. The number of fused-ring (bicyclic) bond motifs is 1. The molecule has 5 heteroatoms. The number of nitrogens with zero attached hydrogens (tertiary/aromatic N) is 3. The molecule has 0 aliphatic carbocycles. The van der Waals surface area contributed by atoms with Crippen LogP contribution in [-0.2, 0) is 13.0 Å². The van der Waals surface area contributed by atoms with Gasteiger partial charge < -0.3 is 15.5 Å². The molecule has 0 saturated carbocycles. The van der Waals surface area contributed by atoms with Gasteiger partial charge in [-0.3, -0.25) is 0 Å². The monoisotopic (exact) mass is 221 g/mol. The molecule has 1 aliphatic heterocycles. The minimum absolute atomic E-state index is 0.789. The van der Waals surface area contributed by atoms with Gasteiger partial charge in [-0.15, -0.1) is 0 Å². The third kappa shape index (κ3) is 2.09. The molecule has 1 aliphatic rings. The molecule has 1 aromatic rings. The van der Waals surface area contributed by atoms with Crippen LogP contribution in [0.15, 0.2) is 0 Å². The molecule has 0 unspecified atom stereocenters. The Bertz CT molecular complexity index is 375. The van der Waals surface area contributed by atoms with E-state index in [1.807, 2.05) is 19.0 Å².